The van der Waals surface area contributed by atoms with Crippen LogP contribution < -0.4 is 0 Å². The molecule has 118 valence electrons. The molecule has 0 aliphatic carbocycles. The fraction of sp³-hybridized carbons (Fsp3) is 0.222. The van der Waals surface area contributed by atoms with Crippen molar-refractivity contribution < 1.29 is 4.42 Å². The van der Waals surface area contributed by atoms with Gasteiger partial charge in [-0.15, -0.1) is 10.2 Å². The van der Waals surface area contributed by atoms with Gasteiger partial charge in [0, 0.05) is 16.6 Å². The van der Waals surface area contributed by atoms with Gasteiger partial charge in [0.25, 0.3) is 0 Å². The predicted molar refractivity (Wildman–Crippen MR) is 93.8 cm³/mol. The van der Waals surface area contributed by atoms with Crippen molar-refractivity contribution in [3.05, 3.63) is 70.0 Å². The molecule has 0 saturated heterocycles. The van der Waals surface area contributed by atoms with Crippen LogP contribution >= 0.6 is 15.9 Å². The highest BCUT2D eigenvalue weighted by Crippen LogP contribution is 2.21. The molecule has 0 saturated carbocycles. The number of benzene rings is 2. The number of rotatable bonds is 5. The fourth-order valence-electron chi connectivity index (χ4n) is 2.42. The predicted octanol–water partition coefficient (Wildman–Crippen LogP) is 4.44. The normalized spacial score (nSPS) is 11.1. The van der Waals surface area contributed by atoms with Crippen LogP contribution in [0.4, 0.5) is 0 Å². The number of aryl methyl sites for hydroxylation is 1. The number of hydrogen-bond acceptors (Lipinski definition) is 4. The zero-order valence-corrected chi connectivity index (χ0v) is 14.7. The Morgan fingerprint density at radius 3 is 2.65 bits per heavy atom. The molecule has 0 aliphatic heterocycles. The number of halogens is 1. The third-order valence-corrected chi connectivity index (χ3v) is 4.31. The molecule has 0 unspecified atom stereocenters. The van der Waals surface area contributed by atoms with Crippen molar-refractivity contribution in [3.8, 4) is 11.5 Å². The standard InChI is InChI=1S/C18H18BrN3O/c1-13-6-5-8-14(10-13)18-21-20-17(23-18)12-22(2)11-15-7-3-4-9-16(15)19/h3-10H,11-12H2,1-2H3. The first-order chi connectivity index (χ1) is 11.1. The molecule has 0 atom stereocenters. The molecule has 23 heavy (non-hydrogen) atoms. The molecule has 1 heterocycles. The average Bonchev–Trinajstić information content (AvgIpc) is 2.98. The second-order valence-corrected chi connectivity index (χ2v) is 6.49. The van der Waals surface area contributed by atoms with Crippen molar-refractivity contribution in [2.45, 2.75) is 20.0 Å². The number of hydrogen-bond donors (Lipinski definition) is 0. The van der Waals surface area contributed by atoms with Crippen LogP contribution in [0.15, 0.2) is 57.4 Å². The molecule has 1 aromatic heterocycles. The van der Waals surface area contributed by atoms with E-state index in [4.69, 9.17) is 4.42 Å². The molecule has 0 amide bonds. The molecule has 5 heteroatoms. The molecular formula is C18H18BrN3O. The molecule has 0 N–H and O–H groups in total. The zero-order chi connectivity index (χ0) is 16.2. The molecule has 0 aliphatic rings. The summed E-state index contributed by atoms with van der Waals surface area (Å²) in [5.74, 6) is 1.19. The van der Waals surface area contributed by atoms with Gasteiger partial charge in [0.1, 0.15) is 0 Å². The topological polar surface area (TPSA) is 42.2 Å². The third-order valence-electron chi connectivity index (χ3n) is 3.54. The quantitative estimate of drug-likeness (QED) is 0.664. The van der Waals surface area contributed by atoms with Gasteiger partial charge in [-0.1, -0.05) is 51.8 Å². The zero-order valence-electron chi connectivity index (χ0n) is 13.2. The highest BCUT2D eigenvalue weighted by atomic mass is 79.9. The lowest BCUT2D eigenvalue weighted by Gasteiger charge is -2.15. The van der Waals surface area contributed by atoms with E-state index in [1.165, 1.54) is 11.1 Å². The Bertz CT molecular complexity index is 800. The maximum Gasteiger partial charge on any atom is 0.247 e. The Kier molecular flexibility index (Phi) is 4.88. The SMILES string of the molecule is Cc1cccc(-c2nnc(CN(C)Cc3ccccc3Br)o2)c1. The van der Waals surface area contributed by atoms with Gasteiger partial charge in [-0.25, -0.2) is 0 Å². The summed E-state index contributed by atoms with van der Waals surface area (Å²) < 4.78 is 6.90. The van der Waals surface area contributed by atoms with Crippen LogP contribution in [0.25, 0.3) is 11.5 Å². The fourth-order valence-corrected chi connectivity index (χ4v) is 2.83. The van der Waals surface area contributed by atoms with Gasteiger partial charge in [-0.05, 0) is 37.7 Å². The summed E-state index contributed by atoms with van der Waals surface area (Å²) in [5, 5.41) is 8.31. The summed E-state index contributed by atoms with van der Waals surface area (Å²) in [4.78, 5) is 2.15. The minimum atomic E-state index is 0.568. The van der Waals surface area contributed by atoms with Crippen molar-refractivity contribution in [2.24, 2.45) is 0 Å². The molecule has 2 aromatic carbocycles. The van der Waals surface area contributed by atoms with E-state index in [-0.39, 0.29) is 0 Å². The minimum absolute atomic E-state index is 0.568. The Morgan fingerprint density at radius 2 is 1.87 bits per heavy atom. The Hall–Kier alpha value is -1.98. The van der Waals surface area contributed by atoms with E-state index >= 15 is 0 Å². The molecule has 0 bridgehead atoms. The maximum atomic E-state index is 5.79. The lowest BCUT2D eigenvalue weighted by molar-refractivity contribution is 0.282. The minimum Gasteiger partial charge on any atom is -0.419 e. The van der Waals surface area contributed by atoms with Crippen molar-refractivity contribution in [3.63, 3.8) is 0 Å². The van der Waals surface area contributed by atoms with E-state index in [0.717, 1.165) is 16.6 Å². The lowest BCUT2D eigenvalue weighted by Crippen LogP contribution is -2.17. The third kappa shape index (κ3) is 4.06. The average molecular weight is 372 g/mol. The molecule has 0 spiro atoms. The van der Waals surface area contributed by atoms with Gasteiger partial charge >= 0.3 is 0 Å². The van der Waals surface area contributed by atoms with Crippen molar-refractivity contribution in [1.82, 2.24) is 15.1 Å². The summed E-state index contributed by atoms with van der Waals surface area (Å²) in [6.45, 7) is 3.47. The molecule has 4 nitrogen and oxygen atoms in total. The van der Waals surface area contributed by atoms with Gasteiger partial charge < -0.3 is 4.42 Å². The van der Waals surface area contributed by atoms with Crippen LogP contribution in [0.1, 0.15) is 17.0 Å². The summed E-state index contributed by atoms with van der Waals surface area (Å²) in [5.41, 5.74) is 3.36. The first-order valence-corrected chi connectivity index (χ1v) is 8.22. The summed E-state index contributed by atoms with van der Waals surface area (Å²) in [6.07, 6.45) is 0. The second-order valence-electron chi connectivity index (χ2n) is 5.63. The Morgan fingerprint density at radius 1 is 1.04 bits per heavy atom. The smallest absolute Gasteiger partial charge is 0.247 e. The molecular weight excluding hydrogens is 354 g/mol. The highest BCUT2D eigenvalue weighted by Gasteiger charge is 2.11. The van der Waals surface area contributed by atoms with Gasteiger partial charge in [-0.3, -0.25) is 4.90 Å². The van der Waals surface area contributed by atoms with E-state index < -0.39 is 0 Å². The van der Waals surface area contributed by atoms with E-state index in [1.807, 2.05) is 56.4 Å². The largest absolute Gasteiger partial charge is 0.419 e. The second kappa shape index (κ2) is 7.06. The molecule has 3 aromatic rings. The van der Waals surface area contributed by atoms with E-state index in [9.17, 15) is 0 Å². The van der Waals surface area contributed by atoms with Gasteiger partial charge in [0.15, 0.2) is 0 Å². The van der Waals surface area contributed by atoms with E-state index in [1.54, 1.807) is 0 Å². The Balaban J connectivity index is 1.68. The molecule has 3 rings (SSSR count). The lowest BCUT2D eigenvalue weighted by atomic mass is 10.1. The van der Waals surface area contributed by atoms with E-state index in [0.29, 0.717) is 18.3 Å². The Labute approximate surface area is 144 Å². The van der Waals surface area contributed by atoms with Crippen molar-refractivity contribution in [1.29, 1.82) is 0 Å². The van der Waals surface area contributed by atoms with Crippen LogP contribution in [0.2, 0.25) is 0 Å². The van der Waals surface area contributed by atoms with Crippen LogP contribution in [-0.4, -0.2) is 22.1 Å². The first kappa shape index (κ1) is 15.9. The van der Waals surface area contributed by atoms with Gasteiger partial charge in [0.05, 0.1) is 6.54 Å². The van der Waals surface area contributed by atoms with E-state index in [2.05, 4.69) is 37.1 Å². The van der Waals surface area contributed by atoms with Crippen molar-refractivity contribution >= 4 is 15.9 Å². The summed E-state index contributed by atoms with van der Waals surface area (Å²) in [7, 11) is 2.04. The summed E-state index contributed by atoms with van der Waals surface area (Å²) in [6, 6.07) is 16.3. The van der Waals surface area contributed by atoms with Crippen LogP contribution in [0, 0.1) is 6.92 Å². The van der Waals surface area contributed by atoms with Crippen LogP contribution in [0.3, 0.4) is 0 Å². The van der Waals surface area contributed by atoms with Gasteiger partial charge in [-0.2, -0.15) is 0 Å². The summed E-state index contributed by atoms with van der Waals surface area (Å²) >= 11 is 3.57. The first-order valence-electron chi connectivity index (χ1n) is 7.43. The molecule has 0 fully saturated rings. The maximum absolute atomic E-state index is 5.79. The van der Waals surface area contributed by atoms with Crippen LogP contribution in [0.5, 0.6) is 0 Å². The van der Waals surface area contributed by atoms with Crippen molar-refractivity contribution in [2.75, 3.05) is 7.05 Å². The van der Waals surface area contributed by atoms with Crippen LogP contribution in [-0.2, 0) is 13.1 Å². The highest BCUT2D eigenvalue weighted by molar-refractivity contribution is 9.10. The molecule has 0 radical (unpaired) electrons. The number of nitrogens with zero attached hydrogens (tertiary/aromatic N) is 3. The monoisotopic (exact) mass is 371 g/mol. The number of aromatic nitrogens is 2. The van der Waals surface area contributed by atoms with Gasteiger partial charge in [0.2, 0.25) is 11.8 Å².